The molecule has 0 radical (unpaired) electrons. The summed E-state index contributed by atoms with van der Waals surface area (Å²) in [6.07, 6.45) is 3.47. The van der Waals surface area contributed by atoms with Crippen LogP contribution in [0.4, 0.5) is 0 Å². The largest absolute Gasteiger partial charge is 0.489 e. The van der Waals surface area contributed by atoms with Crippen LogP contribution in [0.1, 0.15) is 23.2 Å². The number of hydrogen-bond acceptors (Lipinski definition) is 4. The lowest BCUT2D eigenvalue weighted by atomic mass is 10.1. The van der Waals surface area contributed by atoms with Crippen LogP contribution in [0.2, 0.25) is 10.0 Å². The van der Waals surface area contributed by atoms with Crippen molar-refractivity contribution in [2.75, 3.05) is 13.7 Å². The van der Waals surface area contributed by atoms with Crippen molar-refractivity contribution < 1.29 is 9.53 Å². The summed E-state index contributed by atoms with van der Waals surface area (Å²) in [4.78, 5) is 12.6. The molecule has 8 heteroatoms. The van der Waals surface area contributed by atoms with Gasteiger partial charge in [0.25, 0.3) is 0 Å². The second-order valence-electron chi connectivity index (χ2n) is 5.32. The molecule has 0 saturated carbocycles. The third-order valence-corrected chi connectivity index (χ3v) is 4.56. The molecule has 1 aromatic heterocycles. The summed E-state index contributed by atoms with van der Waals surface area (Å²) < 4.78 is 7.23. The van der Waals surface area contributed by atoms with Gasteiger partial charge in [-0.05, 0) is 13.1 Å². The molecule has 1 amide bonds. The van der Waals surface area contributed by atoms with E-state index in [9.17, 15) is 4.79 Å². The number of rotatable bonds is 4. The Balaban J connectivity index is 1.78. The lowest BCUT2D eigenvalue weighted by Crippen LogP contribution is -2.38. The lowest BCUT2D eigenvalue weighted by Gasteiger charge is -2.18. The van der Waals surface area contributed by atoms with Crippen molar-refractivity contribution in [1.82, 2.24) is 20.4 Å². The number of aryl methyl sites for hydroxylation is 1. The first-order valence-electron chi connectivity index (χ1n) is 7.08. The van der Waals surface area contributed by atoms with E-state index in [2.05, 4.69) is 15.7 Å². The quantitative estimate of drug-likeness (QED) is 0.883. The Bertz CT molecular complexity index is 747. The van der Waals surface area contributed by atoms with Gasteiger partial charge in [0, 0.05) is 24.4 Å². The van der Waals surface area contributed by atoms with Crippen molar-refractivity contribution in [2.24, 2.45) is 7.05 Å². The predicted molar refractivity (Wildman–Crippen MR) is 87.8 cm³/mol. The number of aromatic nitrogens is 2. The van der Waals surface area contributed by atoms with Gasteiger partial charge in [0.1, 0.15) is 23.4 Å². The summed E-state index contributed by atoms with van der Waals surface area (Å²) in [7, 11) is 3.54. The van der Waals surface area contributed by atoms with E-state index in [-0.39, 0.29) is 11.9 Å². The Kier molecular flexibility index (Phi) is 4.48. The Morgan fingerprint density at radius 2 is 2.26 bits per heavy atom. The van der Waals surface area contributed by atoms with Crippen molar-refractivity contribution in [2.45, 2.75) is 12.1 Å². The highest BCUT2D eigenvalue weighted by Gasteiger charge is 2.31. The molecule has 6 nitrogen and oxygen atoms in total. The molecule has 0 fully saturated rings. The molecule has 1 aliphatic rings. The number of likely N-dealkylation sites (N-methyl/N-ethyl adjacent to an activating group) is 1. The average molecular weight is 355 g/mol. The first-order valence-corrected chi connectivity index (χ1v) is 7.83. The fourth-order valence-corrected chi connectivity index (χ4v) is 3.01. The second-order valence-corrected chi connectivity index (χ2v) is 6.11. The standard InChI is InChI=1S/C15H16Cl2N4O2/c1-18-13(8-5-19-21(2)6-8)15(22)20-11-7-23-14-9(11)3-4-10(16)12(14)17/h3-6,11,13,18H,7H2,1-2H3,(H,20,22). The van der Waals surface area contributed by atoms with E-state index in [1.165, 1.54) is 0 Å². The van der Waals surface area contributed by atoms with Gasteiger partial charge >= 0.3 is 0 Å². The number of nitrogens with one attached hydrogen (secondary N) is 2. The zero-order valence-electron chi connectivity index (χ0n) is 12.6. The van der Waals surface area contributed by atoms with Crippen LogP contribution >= 0.6 is 23.2 Å². The number of benzene rings is 1. The van der Waals surface area contributed by atoms with E-state index in [0.717, 1.165) is 11.1 Å². The topological polar surface area (TPSA) is 68.2 Å². The minimum atomic E-state index is -0.490. The summed E-state index contributed by atoms with van der Waals surface area (Å²) in [5.74, 6) is 0.375. The maximum Gasteiger partial charge on any atom is 0.242 e. The molecule has 2 unspecified atom stereocenters. The fraction of sp³-hybridized carbons (Fsp3) is 0.333. The molecule has 1 aliphatic heterocycles. The monoisotopic (exact) mass is 354 g/mol. The number of fused-ring (bicyclic) bond motifs is 1. The molecule has 3 rings (SSSR count). The minimum absolute atomic E-state index is 0.159. The van der Waals surface area contributed by atoms with Crippen LogP contribution < -0.4 is 15.4 Å². The minimum Gasteiger partial charge on any atom is -0.489 e. The molecular weight excluding hydrogens is 339 g/mol. The highest BCUT2D eigenvalue weighted by atomic mass is 35.5. The first kappa shape index (κ1) is 16.1. The number of carbonyl (C=O) groups excluding carboxylic acids is 1. The van der Waals surface area contributed by atoms with Crippen LogP contribution in [0, 0.1) is 0 Å². The van der Waals surface area contributed by atoms with Crippen molar-refractivity contribution in [3.8, 4) is 5.75 Å². The van der Waals surface area contributed by atoms with Gasteiger partial charge in [-0.3, -0.25) is 9.48 Å². The molecule has 2 atom stereocenters. The second kappa shape index (κ2) is 6.39. The van der Waals surface area contributed by atoms with Crippen LogP contribution in [0.3, 0.4) is 0 Å². The van der Waals surface area contributed by atoms with Gasteiger partial charge < -0.3 is 15.4 Å². The highest BCUT2D eigenvalue weighted by molar-refractivity contribution is 6.43. The first-order chi connectivity index (χ1) is 11.0. The zero-order chi connectivity index (χ0) is 16.6. The van der Waals surface area contributed by atoms with E-state index < -0.39 is 6.04 Å². The number of halogens is 2. The average Bonchev–Trinajstić information content (AvgIpc) is 3.11. The third-order valence-electron chi connectivity index (χ3n) is 3.78. The van der Waals surface area contributed by atoms with Gasteiger partial charge in [0.15, 0.2) is 0 Å². The van der Waals surface area contributed by atoms with Crippen LogP contribution in [0.5, 0.6) is 5.75 Å². The fourth-order valence-electron chi connectivity index (χ4n) is 2.64. The summed E-state index contributed by atoms with van der Waals surface area (Å²) in [6.45, 7) is 0.324. The SMILES string of the molecule is CNC(C(=O)NC1COc2c1ccc(Cl)c2Cl)c1cnn(C)c1. The van der Waals surface area contributed by atoms with Gasteiger partial charge in [0.05, 0.1) is 17.3 Å². The van der Waals surface area contributed by atoms with E-state index in [4.69, 9.17) is 27.9 Å². The maximum atomic E-state index is 12.6. The Morgan fingerprint density at radius 1 is 1.48 bits per heavy atom. The van der Waals surface area contributed by atoms with Crippen molar-refractivity contribution in [3.63, 3.8) is 0 Å². The van der Waals surface area contributed by atoms with Crippen LogP contribution in [0.15, 0.2) is 24.5 Å². The van der Waals surface area contributed by atoms with E-state index in [1.54, 1.807) is 37.2 Å². The lowest BCUT2D eigenvalue weighted by molar-refractivity contribution is -0.124. The summed E-state index contributed by atoms with van der Waals surface area (Å²) in [6, 6.07) is 2.77. The molecule has 0 aliphatic carbocycles. The van der Waals surface area contributed by atoms with Crippen LogP contribution in [-0.4, -0.2) is 29.3 Å². The van der Waals surface area contributed by atoms with Gasteiger partial charge in [-0.25, -0.2) is 0 Å². The molecule has 2 aromatic rings. The molecule has 1 aromatic carbocycles. The van der Waals surface area contributed by atoms with E-state index in [0.29, 0.717) is 22.4 Å². The van der Waals surface area contributed by atoms with Gasteiger partial charge in [-0.15, -0.1) is 0 Å². The Hall–Kier alpha value is -1.76. The summed E-state index contributed by atoms with van der Waals surface area (Å²) in [5, 5.41) is 10.9. The Morgan fingerprint density at radius 3 is 2.91 bits per heavy atom. The molecule has 2 heterocycles. The number of ether oxygens (including phenoxy) is 1. The number of carbonyl (C=O) groups is 1. The summed E-state index contributed by atoms with van der Waals surface area (Å²) >= 11 is 12.1. The molecule has 23 heavy (non-hydrogen) atoms. The van der Waals surface area contributed by atoms with E-state index in [1.807, 2.05) is 6.07 Å². The third kappa shape index (κ3) is 3.02. The number of nitrogens with zero attached hydrogens (tertiary/aromatic N) is 2. The molecular formula is C15H16Cl2N4O2. The number of amides is 1. The van der Waals surface area contributed by atoms with Crippen molar-refractivity contribution in [1.29, 1.82) is 0 Å². The van der Waals surface area contributed by atoms with Gasteiger partial charge in [0.2, 0.25) is 5.91 Å². The molecule has 0 saturated heterocycles. The molecule has 122 valence electrons. The van der Waals surface area contributed by atoms with Crippen molar-refractivity contribution in [3.05, 3.63) is 45.7 Å². The molecule has 0 spiro atoms. The van der Waals surface area contributed by atoms with Gasteiger partial charge in [-0.2, -0.15) is 5.10 Å². The Labute approximate surface area is 143 Å². The van der Waals surface area contributed by atoms with Crippen molar-refractivity contribution >= 4 is 29.1 Å². The van der Waals surface area contributed by atoms with Gasteiger partial charge in [-0.1, -0.05) is 29.3 Å². The summed E-state index contributed by atoms with van der Waals surface area (Å²) in [5.41, 5.74) is 1.62. The molecule has 0 bridgehead atoms. The van der Waals surface area contributed by atoms with Crippen LogP contribution in [0.25, 0.3) is 0 Å². The zero-order valence-corrected chi connectivity index (χ0v) is 14.1. The molecule has 2 N–H and O–H groups in total. The predicted octanol–water partition coefficient (Wildman–Crippen LogP) is 2.24. The highest BCUT2D eigenvalue weighted by Crippen LogP contribution is 2.42. The maximum absolute atomic E-state index is 12.6. The van der Waals surface area contributed by atoms with Crippen LogP contribution in [-0.2, 0) is 11.8 Å². The van der Waals surface area contributed by atoms with E-state index >= 15 is 0 Å². The normalized spacial score (nSPS) is 17.5. The smallest absolute Gasteiger partial charge is 0.242 e. The number of hydrogen-bond donors (Lipinski definition) is 2.